The summed E-state index contributed by atoms with van der Waals surface area (Å²) in [7, 11) is 0. The molecular weight excluding hydrogens is 513 g/mol. The fourth-order valence-electron chi connectivity index (χ4n) is 3.59. The van der Waals surface area contributed by atoms with Gasteiger partial charge in [0.05, 0.1) is 23.5 Å². The number of imide groups is 1. The molecule has 3 amide bonds. The van der Waals surface area contributed by atoms with Crippen LogP contribution in [0, 0.1) is 5.82 Å². The molecule has 0 atom stereocenters. The van der Waals surface area contributed by atoms with Gasteiger partial charge in [-0.3, -0.25) is 14.4 Å². The number of halogens is 2. The number of ether oxygens (including phenoxy) is 1. The van der Waals surface area contributed by atoms with E-state index in [2.05, 4.69) is 10.6 Å². The summed E-state index contributed by atoms with van der Waals surface area (Å²) in [5.41, 5.74) is 1.09. The third-order valence-corrected chi connectivity index (χ3v) is 6.01. The molecule has 0 unspecified atom stereocenters. The highest BCUT2D eigenvalue weighted by atomic mass is 35.5. The van der Waals surface area contributed by atoms with Crippen molar-refractivity contribution in [2.75, 3.05) is 22.1 Å². The number of para-hydroxylation sites is 1. The number of carbonyl (C=O) groups excluding carboxylic acids is 4. The molecule has 0 fully saturated rings. The van der Waals surface area contributed by atoms with Gasteiger partial charge in [-0.1, -0.05) is 37.1 Å². The van der Waals surface area contributed by atoms with Crippen LogP contribution in [0.5, 0.6) is 0 Å². The molecule has 8 nitrogen and oxygen atoms in total. The molecule has 194 valence electrons. The predicted molar refractivity (Wildman–Crippen MR) is 141 cm³/mol. The van der Waals surface area contributed by atoms with Crippen LogP contribution in [0.3, 0.4) is 0 Å². The Morgan fingerprint density at radius 1 is 0.921 bits per heavy atom. The van der Waals surface area contributed by atoms with Crippen molar-refractivity contribution in [3.05, 3.63) is 100 Å². The van der Waals surface area contributed by atoms with Gasteiger partial charge in [0.25, 0.3) is 17.7 Å². The minimum absolute atomic E-state index is 0.0493. The molecule has 38 heavy (non-hydrogen) atoms. The van der Waals surface area contributed by atoms with Gasteiger partial charge in [0.1, 0.15) is 16.5 Å². The van der Waals surface area contributed by atoms with Gasteiger partial charge in [-0.15, -0.1) is 0 Å². The lowest BCUT2D eigenvalue weighted by Crippen LogP contribution is -2.32. The standard InChI is InChI=1S/C28H23ClFN3O5/c1-2-3-16-38-28(37)18-10-14-20(15-11-18)33-26(35)23(29)24(27(33)36)31-19-12-8-17(9-13-19)25(34)32-22-7-5-4-6-21(22)30/h4-15,31H,2-3,16H2,1H3,(H,32,34). The fourth-order valence-corrected chi connectivity index (χ4v) is 3.80. The van der Waals surface area contributed by atoms with Crippen LogP contribution in [0.2, 0.25) is 0 Å². The second-order valence-electron chi connectivity index (χ2n) is 8.31. The van der Waals surface area contributed by atoms with Gasteiger partial charge in [-0.2, -0.15) is 0 Å². The zero-order chi connectivity index (χ0) is 27.2. The lowest BCUT2D eigenvalue weighted by atomic mass is 10.1. The molecule has 3 aromatic rings. The van der Waals surface area contributed by atoms with Crippen LogP contribution in [0.1, 0.15) is 40.5 Å². The van der Waals surface area contributed by atoms with Gasteiger partial charge >= 0.3 is 5.97 Å². The Kier molecular flexibility index (Phi) is 8.18. The van der Waals surface area contributed by atoms with E-state index in [9.17, 15) is 23.6 Å². The van der Waals surface area contributed by atoms with Crippen molar-refractivity contribution >= 4 is 52.4 Å². The number of hydrogen-bond acceptors (Lipinski definition) is 6. The first-order valence-corrected chi connectivity index (χ1v) is 12.2. The van der Waals surface area contributed by atoms with Gasteiger partial charge < -0.3 is 15.4 Å². The van der Waals surface area contributed by atoms with Crippen molar-refractivity contribution in [2.24, 2.45) is 0 Å². The van der Waals surface area contributed by atoms with Crippen LogP contribution >= 0.6 is 11.6 Å². The van der Waals surface area contributed by atoms with Crippen molar-refractivity contribution in [3.8, 4) is 0 Å². The molecule has 0 aromatic heterocycles. The first kappa shape index (κ1) is 26.6. The highest BCUT2D eigenvalue weighted by Gasteiger charge is 2.39. The predicted octanol–water partition coefficient (Wildman–Crippen LogP) is 5.47. The summed E-state index contributed by atoms with van der Waals surface area (Å²) in [5, 5.41) is 5.00. The zero-order valence-corrected chi connectivity index (χ0v) is 21.0. The minimum Gasteiger partial charge on any atom is -0.462 e. The van der Waals surface area contributed by atoms with E-state index in [0.717, 1.165) is 17.7 Å². The van der Waals surface area contributed by atoms with E-state index in [-0.39, 0.29) is 27.7 Å². The number of nitrogens with one attached hydrogen (secondary N) is 2. The third-order valence-electron chi connectivity index (χ3n) is 5.66. The van der Waals surface area contributed by atoms with Crippen LogP contribution in [-0.2, 0) is 14.3 Å². The van der Waals surface area contributed by atoms with Crippen LogP contribution in [0.25, 0.3) is 0 Å². The number of nitrogens with zero attached hydrogens (tertiary/aromatic N) is 1. The van der Waals surface area contributed by atoms with Crippen molar-refractivity contribution in [3.63, 3.8) is 0 Å². The Hall–Kier alpha value is -4.50. The summed E-state index contributed by atoms with van der Waals surface area (Å²) < 4.78 is 19.0. The largest absolute Gasteiger partial charge is 0.462 e. The number of rotatable bonds is 9. The number of unbranched alkanes of at least 4 members (excludes halogenated alkanes) is 1. The summed E-state index contributed by atoms with van der Waals surface area (Å²) in [6.45, 7) is 2.30. The first-order valence-electron chi connectivity index (χ1n) is 11.8. The molecule has 0 bridgehead atoms. The third kappa shape index (κ3) is 5.73. The van der Waals surface area contributed by atoms with E-state index in [4.69, 9.17) is 16.3 Å². The molecule has 3 aromatic carbocycles. The second-order valence-corrected chi connectivity index (χ2v) is 8.69. The molecule has 0 saturated carbocycles. The molecule has 0 radical (unpaired) electrons. The van der Waals surface area contributed by atoms with Crippen molar-refractivity contribution in [2.45, 2.75) is 19.8 Å². The Balaban J connectivity index is 1.43. The van der Waals surface area contributed by atoms with E-state index in [0.29, 0.717) is 17.9 Å². The van der Waals surface area contributed by atoms with Gasteiger partial charge in [-0.05, 0) is 67.1 Å². The second kappa shape index (κ2) is 11.7. The Morgan fingerprint density at radius 2 is 1.58 bits per heavy atom. The molecule has 0 spiro atoms. The monoisotopic (exact) mass is 535 g/mol. The quantitative estimate of drug-likeness (QED) is 0.214. The molecule has 0 aliphatic carbocycles. The minimum atomic E-state index is -0.724. The summed E-state index contributed by atoms with van der Waals surface area (Å²) >= 11 is 6.19. The normalized spacial score (nSPS) is 13.1. The highest BCUT2D eigenvalue weighted by molar-refractivity contribution is 6.53. The maximum Gasteiger partial charge on any atom is 0.338 e. The van der Waals surface area contributed by atoms with Gasteiger partial charge in [0.2, 0.25) is 0 Å². The Bertz CT molecular complexity index is 1420. The number of amides is 3. The van der Waals surface area contributed by atoms with Crippen molar-refractivity contribution in [1.29, 1.82) is 0 Å². The Morgan fingerprint density at radius 3 is 2.24 bits per heavy atom. The summed E-state index contributed by atoms with van der Waals surface area (Å²) in [5.74, 6) is -2.97. The Labute approximate surface area is 223 Å². The van der Waals surface area contributed by atoms with Crippen LogP contribution in [0.4, 0.5) is 21.5 Å². The van der Waals surface area contributed by atoms with Gasteiger partial charge in [0.15, 0.2) is 0 Å². The summed E-state index contributed by atoms with van der Waals surface area (Å²) in [4.78, 5) is 51.2. The fraction of sp³-hybridized carbons (Fsp3) is 0.143. The molecule has 1 heterocycles. The topological polar surface area (TPSA) is 105 Å². The van der Waals surface area contributed by atoms with E-state index < -0.39 is 29.5 Å². The van der Waals surface area contributed by atoms with Crippen LogP contribution in [-0.4, -0.2) is 30.3 Å². The first-order chi connectivity index (χ1) is 18.3. The summed E-state index contributed by atoms with van der Waals surface area (Å²) in [6, 6.07) is 17.6. The molecule has 1 aliphatic heterocycles. The van der Waals surface area contributed by atoms with Crippen molar-refractivity contribution < 1.29 is 28.3 Å². The van der Waals surface area contributed by atoms with Crippen molar-refractivity contribution in [1.82, 2.24) is 0 Å². The number of carbonyl (C=O) groups is 4. The molecule has 1 aliphatic rings. The SMILES string of the molecule is CCCCOC(=O)c1ccc(N2C(=O)C(Cl)=C(Nc3ccc(C(=O)Nc4ccccc4F)cc3)C2=O)cc1. The molecule has 10 heteroatoms. The molecular formula is C28H23ClFN3O5. The van der Waals surface area contributed by atoms with Gasteiger partial charge in [-0.25, -0.2) is 14.1 Å². The maximum atomic E-state index is 13.8. The number of esters is 1. The lowest BCUT2D eigenvalue weighted by molar-refractivity contribution is -0.120. The van der Waals surface area contributed by atoms with Crippen LogP contribution < -0.4 is 15.5 Å². The summed E-state index contributed by atoms with van der Waals surface area (Å²) in [6.07, 6.45) is 1.65. The number of benzene rings is 3. The average Bonchev–Trinajstić information content (AvgIpc) is 3.13. The highest BCUT2D eigenvalue weighted by Crippen LogP contribution is 2.30. The van der Waals surface area contributed by atoms with E-state index in [1.807, 2.05) is 6.92 Å². The smallest absolute Gasteiger partial charge is 0.338 e. The average molecular weight is 536 g/mol. The number of hydrogen-bond donors (Lipinski definition) is 2. The van der Waals surface area contributed by atoms with E-state index >= 15 is 0 Å². The van der Waals surface area contributed by atoms with E-state index in [1.54, 1.807) is 6.07 Å². The van der Waals surface area contributed by atoms with E-state index in [1.165, 1.54) is 66.7 Å². The molecule has 2 N–H and O–H groups in total. The maximum absolute atomic E-state index is 13.8. The molecule has 4 rings (SSSR count). The number of anilines is 3. The van der Waals surface area contributed by atoms with Gasteiger partial charge in [0, 0.05) is 11.3 Å². The lowest BCUT2D eigenvalue weighted by Gasteiger charge is -2.15. The molecule has 0 saturated heterocycles. The zero-order valence-electron chi connectivity index (χ0n) is 20.3. The van der Waals surface area contributed by atoms with Crippen LogP contribution in [0.15, 0.2) is 83.5 Å².